The van der Waals surface area contributed by atoms with E-state index in [1.165, 1.54) is 6.07 Å². The molecular formula is C15H17ClFN3O. The zero-order valence-electron chi connectivity index (χ0n) is 11.8. The lowest BCUT2D eigenvalue weighted by Crippen LogP contribution is -2.37. The lowest BCUT2D eigenvalue weighted by Gasteiger charge is -2.30. The van der Waals surface area contributed by atoms with Gasteiger partial charge < -0.3 is 9.84 Å². The maximum absolute atomic E-state index is 13.9. The molecule has 1 aliphatic heterocycles. The first-order valence-electron chi connectivity index (χ1n) is 7.05. The summed E-state index contributed by atoms with van der Waals surface area (Å²) in [5.41, 5.74) is 0.383. The summed E-state index contributed by atoms with van der Waals surface area (Å²) in [5, 5.41) is 7.41. The molecule has 2 heterocycles. The van der Waals surface area contributed by atoms with Crippen molar-refractivity contribution in [1.82, 2.24) is 15.5 Å². The van der Waals surface area contributed by atoms with Gasteiger partial charge in [-0.15, -0.1) is 0 Å². The van der Waals surface area contributed by atoms with Gasteiger partial charge in [0, 0.05) is 11.8 Å². The molecule has 6 heteroatoms. The van der Waals surface area contributed by atoms with Crippen LogP contribution in [0.25, 0.3) is 0 Å². The SMILES string of the molecule is CC1(c2nc(Cc3cccc(Cl)c3F)no2)CCNCC1. The van der Waals surface area contributed by atoms with Gasteiger partial charge in [0.1, 0.15) is 5.82 Å². The number of halogens is 2. The van der Waals surface area contributed by atoms with Gasteiger partial charge in [-0.25, -0.2) is 4.39 Å². The Morgan fingerprint density at radius 1 is 1.38 bits per heavy atom. The van der Waals surface area contributed by atoms with Crippen LogP contribution in [0.3, 0.4) is 0 Å². The molecule has 3 rings (SSSR count). The van der Waals surface area contributed by atoms with E-state index in [2.05, 4.69) is 22.4 Å². The van der Waals surface area contributed by atoms with Crippen LogP contribution in [0.2, 0.25) is 5.02 Å². The maximum atomic E-state index is 13.9. The van der Waals surface area contributed by atoms with Crippen molar-refractivity contribution in [2.75, 3.05) is 13.1 Å². The predicted octanol–water partition coefficient (Wildman–Crippen LogP) is 3.09. The van der Waals surface area contributed by atoms with Crippen molar-refractivity contribution >= 4 is 11.6 Å². The summed E-state index contributed by atoms with van der Waals surface area (Å²) in [4.78, 5) is 4.46. The monoisotopic (exact) mass is 309 g/mol. The number of nitrogens with one attached hydrogen (secondary N) is 1. The zero-order valence-corrected chi connectivity index (χ0v) is 12.6. The van der Waals surface area contributed by atoms with Gasteiger partial charge in [0.05, 0.1) is 5.02 Å². The van der Waals surface area contributed by atoms with Crippen LogP contribution in [0.1, 0.15) is 37.0 Å². The van der Waals surface area contributed by atoms with Crippen molar-refractivity contribution in [2.45, 2.75) is 31.6 Å². The lowest BCUT2D eigenvalue weighted by atomic mass is 9.81. The number of piperidine rings is 1. The second kappa shape index (κ2) is 5.73. The van der Waals surface area contributed by atoms with Crippen molar-refractivity contribution in [1.29, 1.82) is 0 Å². The van der Waals surface area contributed by atoms with E-state index < -0.39 is 5.82 Å². The minimum absolute atomic E-state index is 0.0939. The van der Waals surface area contributed by atoms with Gasteiger partial charge in [-0.3, -0.25) is 0 Å². The molecule has 2 aromatic rings. The minimum atomic E-state index is -0.418. The first kappa shape index (κ1) is 14.5. The number of benzene rings is 1. The largest absolute Gasteiger partial charge is 0.339 e. The Morgan fingerprint density at radius 3 is 2.90 bits per heavy atom. The van der Waals surface area contributed by atoms with Crippen LogP contribution in [0.4, 0.5) is 4.39 Å². The smallest absolute Gasteiger partial charge is 0.232 e. The molecule has 0 bridgehead atoms. The van der Waals surface area contributed by atoms with E-state index >= 15 is 0 Å². The summed E-state index contributed by atoms with van der Waals surface area (Å²) < 4.78 is 19.3. The van der Waals surface area contributed by atoms with E-state index in [4.69, 9.17) is 16.1 Å². The van der Waals surface area contributed by atoms with Gasteiger partial charge in [0.2, 0.25) is 5.89 Å². The van der Waals surface area contributed by atoms with Crippen LogP contribution < -0.4 is 5.32 Å². The normalized spacial score (nSPS) is 17.9. The molecule has 0 atom stereocenters. The molecule has 0 aliphatic carbocycles. The standard InChI is InChI=1S/C15H17ClFN3O/c1-15(5-7-18-8-6-15)14-19-12(20-21-14)9-10-3-2-4-11(16)13(10)17/h2-4,18H,5-9H2,1H3. The summed E-state index contributed by atoms with van der Waals surface area (Å²) >= 11 is 5.78. The molecule has 1 N–H and O–H groups in total. The number of rotatable bonds is 3. The maximum Gasteiger partial charge on any atom is 0.232 e. The van der Waals surface area contributed by atoms with Gasteiger partial charge in [-0.05, 0) is 37.6 Å². The number of nitrogens with zero attached hydrogens (tertiary/aromatic N) is 2. The Balaban J connectivity index is 1.80. The quantitative estimate of drug-likeness (QED) is 0.946. The second-order valence-corrected chi connectivity index (χ2v) is 6.12. The summed E-state index contributed by atoms with van der Waals surface area (Å²) in [6.45, 7) is 4.01. The molecule has 1 aliphatic rings. The summed E-state index contributed by atoms with van der Waals surface area (Å²) in [6, 6.07) is 4.93. The molecule has 21 heavy (non-hydrogen) atoms. The highest BCUT2D eigenvalue weighted by Crippen LogP contribution is 2.31. The summed E-state index contributed by atoms with van der Waals surface area (Å²) in [6.07, 6.45) is 2.20. The predicted molar refractivity (Wildman–Crippen MR) is 78.0 cm³/mol. The van der Waals surface area contributed by atoms with E-state index in [0.29, 0.717) is 17.3 Å². The van der Waals surface area contributed by atoms with E-state index in [1.54, 1.807) is 12.1 Å². The molecule has 0 radical (unpaired) electrons. The highest BCUT2D eigenvalue weighted by Gasteiger charge is 2.34. The molecule has 0 saturated carbocycles. The minimum Gasteiger partial charge on any atom is -0.339 e. The molecule has 112 valence electrons. The number of hydrogen-bond acceptors (Lipinski definition) is 4. The Bertz CT molecular complexity index is 638. The van der Waals surface area contributed by atoms with Crippen molar-refractivity contribution in [2.24, 2.45) is 0 Å². The lowest BCUT2D eigenvalue weighted by molar-refractivity contribution is 0.240. The van der Waals surface area contributed by atoms with Gasteiger partial charge in [-0.1, -0.05) is 35.8 Å². The fraction of sp³-hybridized carbons (Fsp3) is 0.467. The van der Waals surface area contributed by atoms with E-state index in [0.717, 1.165) is 25.9 Å². The first-order valence-corrected chi connectivity index (χ1v) is 7.43. The third-order valence-corrected chi connectivity index (χ3v) is 4.36. The highest BCUT2D eigenvalue weighted by atomic mass is 35.5. The van der Waals surface area contributed by atoms with Crippen LogP contribution >= 0.6 is 11.6 Å². The van der Waals surface area contributed by atoms with Crippen molar-refractivity contribution in [3.05, 3.63) is 46.3 Å². The fourth-order valence-corrected chi connectivity index (χ4v) is 2.81. The Hall–Kier alpha value is -1.46. The van der Waals surface area contributed by atoms with Crippen LogP contribution in [0, 0.1) is 5.82 Å². The van der Waals surface area contributed by atoms with Gasteiger partial charge in [0.15, 0.2) is 5.82 Å². The fourth-order valence-electron chi connectivity index (χ4n) is 2.62. The molecule has 0 amide bonds. The Kier molecular flexibility index (Phi) is 3.95. The highest BCUT2D eigenvalue weighted by molar-refractivity contribution is 6.30. The number of aromatic nitrogens is 2. The molecule has 1 saturated heterocycles. The molecule has 1 aromatic carbocycles. The average molecular weight is 310 g/mol. The van der Waals surface area contributed by atoms with Crippen LogP contribution in [0.5, 0.6) is 0 Å². The van der Waals surface area contributed by atoms with E-state index in [-0.39, 0.29) is 16.9 Å². The van der Waals surface area contributed by atoms with Crippen molar-refractivity contribution in [3.8, 4) is 0 Å². The molecule has 1 fully saturated rings. The van der Waals surface area contributed by atoms with E-state index in [1.807, 2.05) is 0 Å². The Morgan fingerprint density at radius 2 is 2.14 bits per heavy atom. The molecule has 1 aromatic heterocycles. The second-order valence-electron chi connectivity index (χ2n) is 5.72. The topological polar surface area (TPSA) is 51.0 Å². The van der Waals surface area contributed by atoms with Crippen LogP contribution in [-0.4, -0.2) is 23.2 Å². The third-order valence-electron chi connectivity index (χ3n) is 4.07. The zero-order chi connectivity index (χ0) is 14.9. The summed E-state index contributed by atoms with van der Waals surface area (Å²) in [7, 11) is 0. The Labute approximate surface area is 127 Å². The van der Waals surface area contributed by atoms with Crippen molar-refractivity contribution in [3.63, 3.8) is 0 Å². The van der Waals surface area contributed by atoms with Gasteiger partial charge >= 0.3 is 0 Å². The molecule has 0 spiro atoms. The van der Waals surface area contributed by atoms with Crippen LogP contribution in [0.15, 0.2) is 22.7 Å². The number of hydrogen-bond donors (Lipinski definition) is 1. The third kappa shape index (κ3) is 2.94. The van der Waals surface area contributed by atoms with Gasteiger partial charge in [-0.2, -0.15) is 4.98 Å². The molecule has 0 unspecified atom stereocenters. The first-order chi connectivity index (χ1) is 10.1. The van der Waals surface area contributed by atoms with E-state index in [9.17, 15) is 4.39 Å². The summed E-state index contributed by atoms with van der Waals surface area (Å²) in [5.74, 6) is 0.714. The molecule has 4 nitrogen and oxygen atoms in total. The molecular weight excluding hydrogens is 293 g/mol. The van der Waals surface area contributed by atoms with Crippen molar-refractivity contribution < 1.29 is 8.91 Å². The van der Waals surface area contributed by atoms with Gasteiger partial charge in [0.25, 0.3) is 0 Å². The van der Waals surface area contributed by atoms with Crippen LogP contribution in [-0.2, 0) is 11.8 Å². The average Bonchev–Trinajstić information content (AvgIpc) is 2.94.